The Balaban J connectivity index is 2.03. The van der Waals surface area contributed by atoms with Crippen molar-refractivity contribution in [2.75, 3.05) is 18.0 Å². The molecule has 5 nitrogen and oxygen atoms in total. The fourth-order valence-electron chi connectivity index (χ4n) is 1.83. The summed E-state index contributed by atoms with van der Waals surface area (Å²) in [7, 11) is 0. The Labute approximate surface area is 87.5 Å². The van der Waals surface area contributed by atoms with Crippen molar-refractivity contribution in [3.8, 4) is 0 Å². The van der Waals surface area contributed by atoms with Gasteiger partial charge in [-0.2, -0.15) is 4.98 Å². The molecule has 0 saturated carbocycles. The van der Waals surface area contributed by atoms with E-state index in [0.29, 0.717) is 0 Å². The van der Waals surface area contributed by atoms with Crippen LogP contribution in [0.15, 0.2) is 18.2 Å². The average Bonchev–Trinajstić information content (AvgIpc) is 2.58. The van der Waals surface area contributed by atoms with E-state index in [1.807, 2.05) is 29.6 Å². The number of rotatable bonds is 1. The van der Waals surface area contributed by atoms with Crippen molar-refractivity contribution >= 4 is 11.6 Å². The Morgan fingerprint density at radius 2 is 2.20 bits per heavy atom. The van der Waals surface area contributed by atoms with Gasteiger partial charge in [-0.3, -0.25) is 0 Å². The van der Waals surface area contributed by atoms with Gasteiger partial charge in [-0.1, -0.05) is 6.07 Å². The van der Waals surface area contributed by atoms with Crippen LogP contribution >= 0.6 is 0 Å². The van der Waals surface area contributed by atoms with Crippen LogP contribution in [-0.2, 0) is 0 Å². The fraction of sp³-hybridized carbons (Fsp3) is 0.400. The molecule has 0 unspecified atom stereocenters. The first kappa shape index (κ1) is 8.67. The van der Waals surface area contributed by atoms with E-state index in [0.717, 1.165) is 30.4 Å². The monoisotopic (exact) mass is 203 g/mol. The smallest absolute Gasteiger partial charge is 0.245 e. The summed E-state index contributed by atoms with van der Waals surface area (Å²) in [5.74, 6) is 0.783. The molecule has 0 bridgehead atoms. The zero-order valence-corrected chi connectivity index (χ0v) is 8.59. The van der Waals surface area contributed by atoms with E-state index in [2.05, 4.69) is 15.0 Å². The Hall–Kier alpha value is -1.62. The second-order valence-electron chi connectivity index (χ2n) is 4.01. The maximum atomic E-state index is 5.73. The highest BCUT2D eigenvalue weighted by Crippen LogP contribution is 2.17. The SMILES string of the molecule is Cc1cccc2nc(N3CC(N)C3)nn12. The van der Waals surface area contributed by atoms with E-state index in [9.17, 15) is 0 Å². The summed E-state index contributed by atoms with van der Waals surface area (Å²) in [5.41, 5.74) is 7.71. The van der Waals surface area contributed by atoms with Gasteiger partial charge in [0.2, 0.25) is 5.95 Å². The predicted octanol–water partition coefficient (Wildman–Crippen LogP) is 0.185. The van der Waals surface area contributed by atoms with Crippen LogP contribution in [0.4, 0.5) is 5.95 Å². The van der Waals surface area contributed by atoms with Crippen LogP contribution < -0.4 is 10.6 Å². The molecule has 15 heavy (non-hydrogen) atoms. The summed E-state index contributed by atoms with van der Waals surface area (Å²) in [5, 5.41) is 4.44. The van der Waals surface area contributed by atoms with E-state index in [1.54, 1.807) is 0 Å². The van der Waals surface area contributed by atoms with Crippen LogP contribution in [0.3, 0.4) is 0 Å². The van der Waals surface area contributed by atoms with Crippen molar-refractivity contribution in [3.63, 3.8) is 0 Å². The highest BCUT2D eigenvalue weighted by Gasteiger charge is 2.26. The lowest BCUT2D eigenvalue weighted by Crippen LogP contribution is -2.56. The van der Waals surface area contributed by atoms with Gasteiger partial charge in [-0.05, 0) is 19.1 Å². The first-order valence-electron chi connectivity index (χ1n) is 5.07. The molecule has 1 saturated heterocycles. The van der Waals surface area contributed by atoms with E-state index < -0.39 is 0 Å². The summed E-state index contributed by atoms with van der Waals surface area (Å²) in [6.07, 6.45) is 0. The Bertz CT molecular complexity index is 497. The molecule has 3 heterocycles. The standard InChI is InChI=1S/C10H13N5/c1-7-3-2-4-9-12-10(13-15(7)9)14-5-8(11)6-14/h2-4,8H,5-6,11H2,1H3. The van der Waals surface area contributed by atoms with Gasteiger partial charge in [0.1, 0.15) is 0 Å². The molecule has 1 fully saturated rings. The van der Waals surface area contributed by atoms with Crippen LogP contribution in [0, 0.1) is 6.92 Å². The lowest BCUT2D eigenvalue weighted by atomic mass is 10.1. The normalized spacial score (nSPS) is 17.1. The first-order valence-corrected chi connectivity index (χ1v) is 5.07. The molecular weight excluding hydrogens is 190 g/mol. The van der Waals surface area contributed by atoms with Crippen LogP contribution in [0.25, 0.3) is 5.65 Å². The van der Waals surface area contributed by atoms with Gasteiger partial charge in [-0.25, -0.2) is 4.52 Å². The summed E-state index contributed by atoms with van der Waals surface area (Å²) < 4.78 is 1.86. The number of fused-ring (bicyclic) bond motifs is 1. The van der Waals surface area contributed by atoms with Gasteiger partial charge in [0, 0.05) is 24.8 Å². The third-order valence-electron chi connectivity index (χ3n) is 2.73. The number of aromatic nitrogens is 3. The van der Waals surface area contributed by atoms with Crippen molar-refractivity contribution in [1.82, 2.24) is 14.6 Å². The van der Waals surface area contributed by atoms with Crippen molar-refractivity contribution in [2.24, 2.45) is 5.73 Å². The molecule has 1 aliphatic rings. The van der Waals surface area contributed by atoms with Crippen LogP contribution in [0.5, 0.6) is 0 Å². The maximum Gasteiger partial charge on any atom is 0.245 e. The van der Waals surface area contributed by atoms with E-state index in [4.69, 9.17) is 5.73 Å². The molecule has 0 spiro atoms. The molecule has 0 amide bonds. The number of nitrogens with two attached hydrogens (primary N) is 1. The van der Waals surface area contributed by atoms with E-state index >= 15 is 0 Å². The third-order valence-corrected chi connectivity index (χ3v) is 2.73. The third kappa shape index (κ3) is 1.27. The minimum atomic E-state index is 0.276. The van der Waals surface area contributed by atoms with Crippen molar-refractivity contribution < 1.29 is 0 Å². The predicted molar refractivity (Wildman–Crippen MR) is 57.9 cm³/mol. The number of hydrogen-bond acceptors (Lipinski definition) is 4. The molecule has 0 aliphatic carbocycles. The summed E-state index contributed by atoms with van der Waals surface area (Å²) >= 11 is 0. The second-order valence-corrected chi connectivity index (χ2v) is 4.01. The fourth-order valence-corrected chi connectivity index (χ4v) is 1.83. The van der Waals surface area contributed by atoms with E-state index in [1.165, 1.54) is 0 Å². The highest BCUT2D eigenvalue weighted by atomic mass is 15.4. The van der Waals surface area contributed by atoms with Crippen LogP contribution in [0.2, 0.25) is 0 Å². The van der Waals surface area contributed by atoms with Crippen LogP contribution in [0.1, 0.15) is 5.69 Å². The molecule has 2 aromatic rings. The van der Waals surface area contributed by atoms with Crippen molar-refractivity contribution in [2.45, 2.75) is 13.0 Å². The minimum absolute atomic E-state index is 0.276. The topological polar surface area (TPSA) is 59.5 Å². The van der Waals surface area contributed by atoms with Crippen LogP contribution in [-0.4, -0.2) is 33.7 Å². The second kappa shape index (κ2) is 2.93. The number of nitrogens with zero attached hydrogens (tertiary/aromatic N) is 4. The molecule has 1 aliphatic heterocycles. The zero-order chi connectivity index (χ0) is 10.4. The summed E-state index contributed by atoms with van der Waals surface area (Å²) in [4.78, 5) is 6.55. The first-order chi connectivity index (χ1) is 7.24. The van der Waals surface area contributed by atoms with Gasteiger partial charge in [0.15, 0.2) is 5.65 Å². The lowest BCUT2D eigenvalue weighted by Gasteiger charge is -2.35. The quantitative estimate of drug-likeness (QED) is 0.718. The minimum Gasteiger partial charge on any atom is -0.336 e. The molecule has 2 N–H and O–H groups in total. The molecule has 5 heteroatoms. The molecule has 0 radical (unpaired) electrons. The maximum absolute atomic E-state index is 5.73. The summed E-state index contributed by atoms with van der Waals surface area (Å²) in [6.45, 7) is 3.74. The Morgan fingerprint density at radius 3 is 2.87 bits per heavy atom. The Morgan fingerprint density at radius 1 is 1.40 bits per heavy atom. The van der Waals surface area contributed by atoms with Gasteiger partial charge in [-0.15, -0.1) is 5.10 Å². The van der Waals surface area contributed by atoms with Gasteiger partial charge >= 0.3 is 0 Å². The summed E-state index contributed by atoms with van der Waals surface area (Å²) in [6, 6.07) is 6.25. The van der Waals surface area contributed by atoms with Gasteiger partial charge in [0.05, 0.1) is 0 Å². The molecular formula is C10H13N5. The van der Waals surface area contributed by atoms with E-state index in [-0.39, 0.29) is 6.04 Å². The lowest BCUT2D eigenvalue weighted by molar-refractivity contribution is 0.509. The number of hydrogen-bond donors (Lipinski definition) is 1. The Kier molecular flexibility index (Phi) is 1.70. The molecule has 0 atom stereocenters. The van der Waals surface area contributed by atoms with Crippen molar-refractivity contribution in [1.29, 1.82) is 0 Å². The van der Waals surface area contributed by atoms with Gasteiger partial charge in [0.25, 0.3) is 0 Å². The van der Waals surface area contributed by atoms with Crippen molar-refractivity contribution in [3.05, 3.63) is 23.9 Å². The number of anilines is 1. The number of pyridine rings is 1. The highest BCUT2D eigenvalue weighted by molar-refractivity contribution is 5.47. The average molecular weight is 203 g/mol. The molecule has 0 aromatic carbocycles. The molecule has 3 rings (SSSR count). The number of aryl methyl sites for hydroxylation is 1. The van der Waals surface area contributed by atoms with Gasteiger partial charge < -0.3 is 10.6 Å². The zero-order valence-electron chi connectivity index (χ0n) is 8.59. The largest absolute Gasteiger partial charge is 0.336 e. The molecule has 2 aromatic heterocycles. The molecule has 78 valence electrons.